The summed E-state index contributed by atoms with van der Waals surface area (Å²) < 4.78 is 6.95. The fraction of sp³-hybridized carbons (Fsp3) is 0.606. The SMILES string of the molecule is C=CCN(Cc1ccccc1)C(=O)[C@H]1[C@H]2C(=O)N(CCCCCO)C(C(=O)N(CC=C)C(C)C)C23CC[C@]1(CC)O3. The van der Waals surface area contributed by atoms with Crippen LogP contribution in [0, 0.1) is 11.8 Å². The number of aliphatic hydroxyl groups excluding tert-OH is 1. The molecular weight excluding hydrogens is 518 g/mol. The van der Waals surface area contributed by atoms with Crippen molar-refractivity contribution >= 4 is 17.7 Å². The quantitative estimate of drug-likeness (QED) is 0.257. The Balaban J connectivity index is 1.75. The summed E-state index contributed by atoms with van der Waals surface area (Å²) in [5.74, 6) is -1.83. The van der Waals surface area contributed by atoms with E-state index in [-0.39, 0.29) is 30.4 Å². The number of nitrogens with zero attached hydrogens (tertiary/aromatic N) is 3. The maximum Gasteiger partial charge on any atom is 0.248 e. The first-order valence-electron chi connectivity index (χ1n) is 15.2. The predicted octanol–water partition coefficient (Wildman–Crippen LogP) is 3.94. The van der Waals surface area contributed by atoms with Gasteiger partial charge in [-0.25, -0.2) is 0 Å². The molecule has 41 heavy (non-hydrogen) atoms. The van der Waals surface area contributed by atoms with E-state index < -0.39 is 29.1 Å². The molecule has 1 N–H and O–H groups in total. The lowest BCUT2D eigenvalue weighted by Gasteiger charge is -2.38. The van der Waals surface area contributed by atoms with Crippen molar-refractivity contribution in [3.8, 4) is 0 Å². The maximum absolute atomic E-state index is 14.5. The monoisotopic (exact) mass is 565 g/mol. The van der Waals surface area contributed by atoms with E-state index in [9.17, 15) is 19.5 Å². The van der Waals surface area contributed by atoms with E-state index in [1.165, 1.54) is 0 Å². The largest absolute Gasteiger partial charge is 0.396 e. The van der Waals surface area contributed by atoms with Crippen molar-refractivity contribution in [2.45, 2.75) is 89.1 Å². The predicted molar refractivity (Wildman–Crippen MR) is 159 cm³/mol. The van der Waals surface area contributed by atoms with Gasteiger partial charge in [0.25, 0.3) is 0 Å². The third-order valence-electron chi connectivity index (χ3n) is 9.35. The zero-order chi connectivity index (χ0) is 29.8. The van der Waals surface area contributed by atoms with Crippen LogP contribution in [0.25, 0.3) is 0 Å². The van der Waals surface area contributed by atoms with Crippen LogP contribution < -0.4 is 0 Å². The first kappa shape index (κ1) is 31.0. The summed E-state index contributed by atoms with van der Waals surface area (Å²) in [5.41, 5.74) is -0.848. The van der Waals surface area contributed by atoms with Crippen LogP contribution in [0.15, 0.2) is 55.6 Å². The standard InChI is InChI=1S/C33H47N3O5/c1-6-19-34(23-25-15-11-9-12-16-25)29(38)26-27-30(39)36(21-13-10-14-22-37)28(31(40)35(20-7-2)24(4)5)33(27)18-17-32(26,8-3)41-33/h6-7,9,11-12,15-16,24,26-28,37H,1-2,8,10,13-14,17-23H2,3-5H3/t26-,27+,28?,32+,33?/m1/s1. The third-order valence-corrected chi connectivity index (χ3v) is 9.35. The van der Waals surface area contributed by atoms with Gasteiger partial charge < -0.3 is 24.5 Å². The summed E-state index contributed by atoms with van der Waals surface area (Å²) in [4.78, 5) is 48.5. The van der Waals surface area contributed by atoms with E-state index >= 15 is 0 Å². The smallest absolute Gasteiger partial charge is 0.248 e. The summed E-state index contributed by atoms with van der Waals surface area (Å²) in [7, 11) is 0. The fourth-order valence-electron chi connectivity index (χ4n) is 7.42. The molecule has 0 saturated carbocycles. The number of carbonyl (C=O) groups is 3. The van der Waals surface area contributed by atoms with E-state index in [1.807, 2.05) is 51.1 Å². The highest BCUT2D eigenvalue weighted by Gasteiger charge is 2.79. The van der Waals surface area contributed by atoms with Gasteiger partial charge in [0.1, 0.15) is 11.6 Å². The number of aliphatic hydroxyl groups is 1. The molecule has 2 unspecified atom stereocenters. The molecule has 3 fully saturated rings. The van der Waals surface area contributed by atoms with Gasteiger partial charge in [-0.1, -0.05) is 49.4 Å². The van der Waals surface area contributed by atoms with Crippen LogP contribution in [-0.2, 0) is 25.7 Å². The normalized spacial score (nSPS) is 28.2. The van der Waals surface area contributed by atoms with Crippen LogP contribution in [0.5, 0.6) is 0 Å². The van der Waals surface area contributed by atoms with Gasteiger partial charge in [-0.05, 0) is 57.9 Å². The number of ether oxygens (including phenoxy) is 1. The van der Waals surface area contributed by atoms with Crippen molar-refractivity contribution < 1.29 is 24.2 Å². The molecule has 0 aromatic heterocycles. The van der Waals surface area contributed by atoms with Gasteiger partial charge in [-0.2, -0.15) is 0 Å². The molecule has 8 nitrogen and oxygen atoms in total. The summed E-state index contributed by atoms with van der Waals surface area (Å²) >= 11 is 0. The van der Waals surface area contributed by atoms with Gasteiger partial charge in [-0.3, -0.25) is 14.4 Å². The fourth-order valence-corrected chi connectivity index (χ4v) is 7.42. The van der Waals surface area contributed by atoms with Crippen molar-refractivity contribution in [1.82, 2.24) is 14.7 Å². The van der Waals surface area contributed by atoms with Gasteiger partial charge >= 0.3 is 0 Å². The second-order valence-electron chi connectivity index (χ2n) is 12.0. The molecule has 3 aliphatic rings. The molecule has 0 aliphatic carbocycles. The van der Waals surface area contributed by atoms with Crippen molar-refractivity contribution in [3.63, 3.8) is 0 Å². The van der Waals surface area contributed by atoms with Crippen molar-refractivity contribution in [2.75, 3.05) is 26.2 Å². The highest BCUT2D eigenvalue weighted by molar-refractivity contribution is 5.99. The zero-order valence-corrected chi connectivity index (χ0v) is 25.0. The second kappa shape index (κ2) is 12.9. The number of hydrogen-bond acceptors (Lipinski definition) is 5. The number of amides is 3. The number of likely N-dealkylation sites (tertiary alicyclic amines) is 1. The van der Waals surface area contributed by atoms with Gasteiger partial charge in [0.05, 0.1) is 17.4 Å². The molecule has 3 saturated heterocycles. The van der Waals surface area contributed by atoms with Crippen LogP contribution in [0.4, 0.5) is 0 Å². The molecule has 1 spiro atoms. The Morgan fingerprint density at radius 1 is 1.10 bits per heavy atom. The second-order valence-corrected chi connectivity index (χ2v) is 12.0. The summed E-state index contributed by atoms with van der Waals surface area (Å²) in [6.45, 7) is 15.3. The zero-order valence-electron chi connectivity index (χ0n) is 25.0. The van der Waals surface area contributed by atoms with Crippen LogP contribution >= 0.6 is 0 Å². The maximum atomic E-state index is 14.5. The molecule has 3 amide bonds. The Kier molecular flexibility index (Phi) is 9.75. The number of fused-ring (bicyclic) bond motifs is 1. The minimum absolute atomic E-state index is 0.0859. The molecule has 3 heterocycles. The molecule has 3 aliphatic heterocycles. The first-order chi connectivity index (χ1) is 19.7. The van der Waals surface area contributed by atoms with Crippen molar-refractivity contribution in [2.24, 2.45) is 11.8 Å². The van der Waals surface area contributed by atoms with Crippen LogP contribution in [0.3, 0.4) is 0 Å². The van der Waals surface area contributed by atoms with E-state index in [1.54, 1.807) is 26.9 Å². The molecule has 8 heteroatoms. The average Bonchev–Trinajstić information content (AvgIpc) is 3.57. The van der Waals surface area contributed by atoms with E-state index in [2.05, 4.69) is 13.2 Å². The van der Waals surface area contributed by atoms with Crippen LogP contribution in [0.1, 0.15) is 64.9 Å². The van der Waals surface area contributed by atoms with Crippen molar-refractivity contribution in [1.29, 1.82) is 0 Å². The van der Waals surface area contributed by atoms with Crippen LogP contribution in [0.2, 0.25) is 0 Å². The molecule has 1 aromatic rings. The summed E-state index contributed by atoms with van der Waals surface area (Å²) in [6.07, 6.45) is 7.24. The topological polar surface area (TPSA) is 90.4 Å². The van der Waals surface area contributed by atoms with E-state index in [0.717, 1.165) is 12.0 Å². The highest BCUT2D eigenvalue weighted by atomic mass is 16.5. The van der Waals surface area contributed by atoms with E-state index in [4.69, 9.17) is 4.74 Å². The molecule has 0 radical (unpaired) electrons. The number of unbranched alkanes of at least 4 members (excludes halogenated alkanes) is 2. The molecule has 224 valence electrons. The Morgan fingerprint density at radius 3 is 2.41 bits per heavy atom. The summed E-state index contributed by atoms with van der Waals surface area (Å²) in [5, 5.41) is 9.29. The average molecular weight is 566 g/mol. The van der Waals surface area contributed by atoms with Gasteiger partial charge in [0, 0.05) is 38.8 Å². The minimum Gasteiger partial charge on any atom is -0.396 e. The number of benzene rings is 1. The summed E-state index contributed by atoms with van der Waals surface area (Å²) in [6, 6.07) is 8.92. The number of rotatable bonds is 15. The van der Waals surface area contributed by atoms with Gasteiger partial charge in [-0.15, -0.1) is 13.2 Å². The Hall–Kier alpha value is -2.97. The van der Waals surface area contributed by atoms with Gasteiger partial charge in [0.15, 0.2) is 0 Å². The highest BCUT2D eigenvalue weighted by Crippen LogP contribution is 2.64. The first-order valence-corrected chi connectivity index (χ1v) is 15.2. The van der Waals surface area contributed by atoms with Gasteiger partial charge in [0.2, 0.25) is 17.7 Å². The molecule has 2 bridgehead atoms. The lowest BCUT2D eigenvalue weighted by atomic mass is 9.64. The Bertz CT molecular complexity index is 1120. The lowest BCUT2D eigenvalue weighted by molar-refractivity contribution is -0.156. The Morgan fingerprint density at radius 2 is 1.80 bits per heavy atom. The minimum atomic E-state index is -1.05. The molecule has 5 atom stereocenters. The third kappa shape index (κ3) is 5.48. The number of hydrogen-bond donors (Lipinski definition) is 1. The van der Waals surface area contributed by atoms with Crippen molar-refractivity contribution in [3.05, 3.63) is 61.2 Å². The molecule has 1 aromatic carbocycles. The Labute approximate surface area is 245 Å². The lowest BCUT2D eigenvalue weighted by Crippen LogP contribution is -2.57. The van der Waals surface area contributed by atoms with Crippen LogP contribution in [-0.4, -0.2) is 87.1 Å². The molecular formula is C33H47N3O5. The molecule has 4 rings (SSSR count). The van der Waals surface area contributed by atoms with E-state index in [0.29, 0.717) is 58.3 Å². The number of carbonyl (C=O) groups excluding carboxylic acids is 3.